The molecule has 0 spiro atoms. The number of nitrogens with one attached hydrogen (secondary N) is 1. The van der Waals surface area contributed by atoms with Gasteiger partial charge >= 0.3 is 0 Å². The zero-order valence-corrected chi connectivity index (χ0v) is 10.9. The first-order valence-electron chi connectivity index (χ1n) is 6.47. The summed E-state index contributed by atoms with van der Waals surface area (Å²) in [5.74, 6) is 0.966. The summed E-state index contributed by atoms with van der Waals surface area (Å²) in [5.41, 5.74) is 5.54. The van der Waals surface area contributed by atoms with E-state index in [0.29, 0.717) is 24.2 Å². The molecule has 0 aliphatic carbocycles. The minimum absolute atomic E-state index is 0.281. The third-order valence-corrected chi connectivity index (χ3v) is 3.55. The summed E-state index contributed by atoms with van der Waals surface area (Å²) in [6, 6.07) is 0.735. The van der Waals surface area contributed by atoms with Gasteiger partial charge in [-0.25, -0.2) is 0 Å². The molecule has 0 aromatic rings. The van der Waals surface area contributed by atoms with Crippen molar-refractivity contribution in [1.29, 1.82) is 0 Å². The average molecular weight is 243 g/mol. The second-order valence-corrected chi connectivity index (χ2v) is 4.81. The van der Waals surface area contributed by atoms with Gasteiger partial charge in [-0.15, -0.1) is 0 Å². The molecule has 100 valence electrons. The van der Waals surface area contributed by atoms with E-state index >= 15 is 0 Å². The van der Waals surface area contributed by atoms with Crippen LogP contribution in [-0.2, 0) is 4.74 Å². The Balaban J connectivity index is 2.38. The van der Waals surface area contributed by atoms with Gasteiger partial charge in [-0.2, -0.15) is 0 Å². The van der Waals surface area contributed by atoms with E-state index in [9.17, 15) is 0 Å². The first-order valence-corrected chi connectivity index (χ1v) is 6.47. The fourth-order valence-corrected chi connectivity index (χ4v) is 2.34. The van der Waals surface area contributed by atoms with Crippen LogP contribution in [0.2, 0.25) is 0 Å². The molecule has 5 nitrogen and oxygen atoms in total. The van der Waals surface area contributed by atoms with Crippen LogP contribution in [0.1, 0.15) is 39.5 Å². The second-order valence-electron chi connectivity index (χ2n) is 4.81. The molecule has 1 aliphatic heterocycles. The predicted molar refractivity (Wildman–Crippen MR) is 68.2 cm³/mol. The van der Waals surface area contributed by atoms with Crippen molar-refractivity contribution in [3.8, 4) is 0 Å². The highest BCUT2D eigenvalue weighted by Crippen LogP contribution is 2.19. The first kappa shape index (κ1) is 14.3. The molecule has 0 saturated carbocycles. The number of nitrogens with two attached hydrogens (primary N) is 1. The molecule has 0 bridgehead atoms. The van der Waals surface area contributed by atoms with E-state index in [0.717, 1.165) is 32.5 Å². The van der Waals surface area contributed by atoms with Crippen LogP contribution in [0.25, 0.3) is 0 Å². The van der Waals surface area contributed by atoms with Crippen molar-refractivity contribution in [1.82, 2.24) is 5.32 Å². The van der Waals surface area contributed by atoms with Crippen LogP contribution in [0.5, 0.6) is 0 Å². The van der Waals surface area contributed by atoms with Crippen molar-refractivity contribution in [2.24, 2.45) is 16.8 Å². The van der Waals surface area contributed by atoms with Gasteiger partial charge in [0.15, 0.2) is 0 Å². The van der Waals surface area contributed by atoms with Gasteiger partial charge in [0, 0.05) is 31.7 Å². The van der Waals surface area contributed by atoms with E-state index in [-0.39, 0.29) is 6.04 Å². The maximum atomic E-state index is 8.58. The molecule has 2 unspecified atom stereocenters. The fraction of sp³-hybridized carbons (Fsp3) is 0.917. The Morgan fingerprint density at radius 2 is 2.18 bits per heavy atom. The summed E-state index contributed by atoms with van der Waals surface area (Å²) in [4.78, 5) is 0. The molecule has 4 N–H and O–H groups in total. The molecule has 17 heavy (non-hydrogen) atoms. The van der Waals surface area contributed by atoms with Crippen molar-refractivity contribution in [2.75, 3.05) is 13.2 Å². The van der Waals surface area contributed by atoms with Crippen LogP contribution in [0.3, 0.4) is 0 Å². The van der Waals surface area contributed by atoms with Gasteiger partial charge in [0.2, 0.25) is 0 Å². The number of ether oxygens (including phenoxy) is 1. The summed E-state index contributed by atoms with van der Waals surface area (Å²) >= 11 is 0. The number of oxime groups is 1. The van der Waals surface area contributed by atoms with Crippen molar-refractivity contribution >= 4 is 5.84 Å². The van der Waals surface area contributed by atoms with Crippen LogP contribution < -0.4 is 11.1 Å². The van der Waals surface area contributed by atoms with Crippen molar-refractivity contribution < 1.29 is 9.94 Å². The van der Waals surface area contributed by atoms with E-state index in [1.165, 1.54) is 0 Å². The molecule has 1 fully saturated rings. The molecule has 0 amide bonds. The minimum Gasteiger partial charge on any atom is -0.409 e. The third kappa shape index (κ3) is 4.91. The molecule has 2 atom stereocenters. The molecule has 0 radical (unpaired) electrons. The molecule has 1 heterocycles. The number of amidine groups is 1. The topological polar surface area (TPSA) is 79.9 Å². The first-order chi connectivity index (χ1) is 8.17. The normalized spacial score (nSPS) is 22.4. The predicted octanol–water partition coefficient (Wildman–Crippen LogP) is 1.31. The fourth-order valence-electron chi connectivity index (χ4n) is 2.34. The van der Waals surface area contributed by atoms with Gasteiger partial charge in [-0.3, -0.25) is 0 Å². The lowest BCUT2D eigenvalue weighted by molar-refractivity contribution is 0.0544. The van der Waals surface area contributed by atoms with Gasteiger partial charge in [0.1, 0.15) is 5.84 Å². The Kier molecular flexibility index (Phi) is 6.29. The molecule has 1 aliphatic rings. The third-order valence-electron chi connectivity index (χ3n) is 3.55. The molecular weight excluding hydrogens is 218 g/mol. The summed E-state index contributed by atoms with van der Waals surface area (Å²) in [6.07, 6.45) is 3.81. The molecular formula is C12H25N3O2. The summed E-state index contributed by atoms with van der Waals surface area (Å²) in [7, 11) is 0. The lowest BCUT2D eigenvalue weighted by Gasteiger charge is -2.31. The van der Waals surface area contributed by atoms with E-state index in [1.807, 2.05) is 0 Å². The Bertz CT molecular complexity index is 240. The lowest BCUT2D eigenvalue weighted by Crippen LogP contribution is -2.44. The number of hydrogen-bond acceptors (Lipinski definition) is 4. The van der Waals surface area contributed by atoms with Crippen molar-refractivity contribution in [3.63, 3.8) is 0 Å². The molecule has 1 saturated heterocycles. The Morgan fingerprint density at radius 1 is 1.53 bits per heavy atom. The quantitative estimate of drug-likeness (QED) is 0.284. The standard InChI is InChI=1S/C12H25N3O2/c1-3-11(8-12(13)15-16)14-9(2)10-4-6-17-7-5-10/h9-11,14,16H,3-8H2,1-2H3,(H2,13,15). The van der Waals surface area contributed by atoms with Gasteiger partial charge in [-0.05, 0) is 32.1 Å². The van der Waals surface area contributed by atoms with E-state index in [1.54, 1.807) is 0 Å². The molecule has 0 aromatic heterocycles. The average Bonchev–Trinajstić information content (AvgIpc) is 2.38. The van der Waals surface area contributed by atoms with Crippen LogP contribution in [0, 0.1) is 5.92 Å². The highest BCUT2D eigenvalue weighted by molar-refractivity contribution is 5.80. The largest absolute Gasteiger partial charge is 0.409 e. The van der Waals surface area contributed by atoms with E-state index in [2.05, 4.69) is 24.3 Å². The van der Waals surface area contributed by atoms with Crippen molar-refractivity contribution in [2.45, 2.75) is 51.6 Å². The smallest absolute Gasteiger partial charge is 0.140 e. The number of nitrogens with zero attached hydrogens (tertiary/aromatic N) is 1. The lowest BCUT2D eigenvalue weighted by atomic mass is 9.92. The van der Waals surface area contributed by atoms with Crippen LogP contribution in [-0.4, -0.2) is 36.3 Å². The Morgan fingerprint density at radius 3 is 2.71 bits per heavy atom. The minimum atomic E-state index is 0.281. The zero-order chi connectivity index (χ0) is 12.7. The number of rotatable bonds is 6. The van der Waals surface area contributed by atoms with E-state index < -0.39 is 0 Å². The monoisotopic (exact) mass is 243 g/mol. The van der Waals surface area contributed by atoms with Gasteiger partial charge in [0.05, 0.1) is 0 Å². The van der Waals surface area contributed by atoms with Gasteiger partial charge in [-0.1, -0.05) is 12.1 Å². The molecule has 5 heteroatoms. The SMILES string of the molecule is CCC(CC(N)=NO)NC(C)C1CCOCC1. The molecule has 1 rings (SSSR count). The Labute approximate surface area is 103 Å². The van der Waals surface area contributed by atoms with Crippen LogP contribution in [0.15, 0.2) is 5.16 Å². The highest BCUT2D eigenvalue weighted by Gasteiger charge is 2.22. The zero-order valence-electron chi connectivity index (χ0n) is 10.9. The number of hydrogen-bond donors (Lipinski definition) is 3. The maximum absolute atomic E-state index is 8.58. The molecule has 0 aromatic carbocycles. The van der Waals surface area contributed by atoms with Gasteiger partial charge in [0.25, 0.3) is 0 Å². The van der Waals surface area contributed by atoms with Crippen LogP contribution in [0.4, 0.5) is 0 Å². The van der Waals surface area contributed by atoms with Crippen LogP contribution >= 0.6 is 0 Å². The summed E-state index contributed by atoms with van der Waals surface area (Å²) < 4.78 is 5.36. The van der Waals surface area contributed by atoms with Crippen molar-refractivity contribution in [3.05, 3.63) is 0 Å². The van der Waals surface area contributed by atoms with Gasteiger partial charge < -0.3 is 21.0 Å². The Hall–Kier alpha value is -0.810. The second kappa shape index (κ2) is 7.50. The van der Waals surface area contributed by atoms with E-state index in [4.69, 9.17) is 15.7 Å². The summed E-state index contributed by atoms with van der Waals surface area (Å²) in [5, 5.41) is 15.2. The maximum Gasteiger partial charge on any atom is 0.140 e. The summed E-state index contributed by atoms with van der Waals surface area (Å²) in [6.45, 7) is 6.06. The highest BCUT2D eigenvalue weighted by atomic mass is 16.5.